The number of methoxy groups -OCH3 is 1. The molecule has 3 rings (SSSR count). The number of para-hydroxylation sites is 1. The second kappa shape index (κ2) is 8.22. The van der Waals surface area contributed by atoms with Gasteiger partial charge in [-0.3, -0.25) is 14.5 Å². The molecule has 27 heavy (non-hydrogen) atoms. The predicted octanol–water partition coefficient (Wildman–Crippen LogP) is 2.54. The highest BCUT2D eigenvalue weighted by Gasteiger charge is 2.30. The van der Waals surface area contributed by atoms with Crippen LogP contribution in [0.3, 0.4) is 0 Å². The number of nitrogens with zero attached hydrogens (tertiary/aromatic N) is 2. The number of anilines is 2. The molecule has 0 fully saturated rings. The number of amides is 2. The standard InChI is InChI=1S/C21H25N3O3/c1-15(21(26)24-12-11-16-7-4-5-10-19(16)24)23(2)14-20(25)22-17-8-6-9-18(13-17)27-3/h4-10,13,15H,11-12,14H2,1-3H3,(H,22,25)/t15-/m1/s1. The van der Waals surface area contributed by atoms with Crippen molar-refractivity contribution in [3.8, 4) is 5.75 Å². The number of benzene rings is 2. The lowest BCUT2D eigenvalue weighted by Crippen LogP contribution is -2.47. The Hall–Kier alpha value is -2.86. The number of likely N-dealkylation sites (N-methyl/N-ethyl adjacent to an activating group) is 1. The van der Waals surface area contributed by atoms with E-state index < -0.39 is 6.04 Å². The van der Waals surface area contributed by atoms with Gasteiger partial charge in [-0.25, -0.2) is 0 Å². The number of hydrogen-bond acceptors (Lipinski definition) is 4. The minimum absolute atomic E-state index is 0.0108. The number of fused-ring (bicyclic) bond motifs is 1. The van der Waals surface area contributed by atoms with Crippen molar-refractivity contribution in [2.75, 3.05) is 37.5 Å². The highest BCUT2D eigenvalue weighted by Crippen LogP contribution is 2.28. The summed E-state index contributed by atoms with van der Waals surface area (Å²) in [6.45, 7) is 2.65. The molecule has 6 heteroatoms. The number of rotatable bonds is 6. The van der Waals surface area contributed by atoms with Crippen LogP contribution in [0.15, 0.2) is 48.5 Å². The summed E-state index contributed by atoms with van der Waals surface area (Å²) in [5.74, 6) is 0.515. The number of nitrogens with one attached hydrogen (secondary N) is 1. The fraction of sp³-hybridized carbons (Fsp3) is 0.333. The van der Waals surface area contributed by atoms with Gasteiger partial charge in [-0.15, -0.1) is 0 Å². The first-order valence-electron chi connectivity index (χ1n) is 9.03. The fourth-order valence-electron chi connectivity index (χ4n) is 3.25. The molecule has 0 aromatic heterocycles. The van der Waals surface area contributed by atoms with Gasteiger partial charge in [-0.2, -0.15) is 0 Å². The van der Waals surface area contributed by atoms with Crippen molar-refractivity contribution in [3.05, 3.63) is 54.1 Å². The van der Waals surface area contributed by atoms with Crippen molar-refractivity contribution in [2.24, 2.45) is 0 Å². The largest absolute Gasteiger partial charge is 0.497 e. The van der Waals surface area contributed by atoms with Crippen LogP contribution in [0.2, 0.25) is 0 Å². The van der Waals surface area contributed by atoms with Crippen LogP contribution < -0.4 is 15.0 Å². The molecular formula is C21H25N3O3. The van der Waals surface area contributed by atoms with E-state index in [0.29, 0.717) is 18.0 Å². The van der Waals surface area contributed by atoms with Gasteiger partial charge in [0.15, 0.2) is 0 Å². The zero-order valence-electron chi connectivity index (χ0n) is 15.9. The first-order valence-corrected chi connectivity index (χ1v) is 9.03. The summed E-state index contributed by atoms with van der Waals surface area (Å²) < 4.78 is 5.16. The normalized spacial score (nSPS) is 14.0. The Morgan fingerprint density at radius 1 is 1.22 bits per heavy atom. The van der Waals surface area contributed by atoms with Gasteiger partial charge in [0.05, 0.1) is 19.7 Å². The Bertz CT molecular complexity index is 837. The molecule has 0 saturated heterocycles. The molecule has 142 valence electrons. The van der Waals surface area contributed by atoms with Crippen LogP contribution in [0.1, 0.15) is 12.5 Å². The van der Waals surface area contributed by atoms with Gasteiger partial charge in [0.2, 0.25) is 11.8 Å². The molecule has 0 radical (unpaired) electrons. The third kappa shape index (κ3) is 4.28. The first kappa shape index (κ1) is 18.9. The number of carbonyl (C=O) groups excluding carboxylic acids is 2. The van der Waals surface area contributed by atoms with Crippen LogP contribution in [0.25, 0.3) is 0 Å². The van der Waals surface area contributed by atoms with Gasteiger partial charge in [-0.05, 0) is 44.2 Å². The van der Waals surface area contributed by atoms with Gasteiger partial charge in [0.25, 0.3) is 0 Å². The average molecular weight is 367 g/mol. The van der Waals surface area contributed by atoms with E-state index in [0.717, 1.165) is 12.1 Å². The summed E-state index contributed by atoms with van der Waals surface area (Å²) in [6, 6.07) is 14.8. The van der Waals surface area contributed by atoms with E-state index in [1.807, 2.05) is 42.2 Å². The lowest BCUT2D eigenvalue weighted by atomic mass is 10.2. The molecule has 0 saturated carbocycles. The maximum absolute atomic E-state index is 12.9. The second-order valence-electron chi connectivity index (χ2n) is 6.74. The third-order valence-electron chi connectivity index (χ3n) is 4.92. The molecule has 0 aliphatic carbocycles. The highest BCUT2D eigenvalue weighted by atomic mass is 16.5. The van der Waals surface area contributed by atoms with Crippen molar-refractivity contribution in [1.82, 2.24) is 4.90 Å². The van der Waals surface area contributed by atoms with Crippen LogP contribution in [0, 0.1) is 0 Å². The average Bonchev–Trinajstić information content (AvgIpc) is 3.11. The lowest BCUT2D eigenvalue weighted by molar-refractivity contribution is -0.124. The lowest BCUT2D eigenvalue weighted by Gasteiger charge is -2.28. The Morgan fingerprint density at radius 3 is 2.78 bits per heavy atom. The van der Waals surface area contributed by atoms with Gasteiger partial charge < -0.3 is 15.0 Å². The summed E-state index contributed by atoms with van der Waals surface area (Å²) in [7, 11) is 3.37. The molecule has 2 amide bonds. The Kier molecular flexibility index (Phi) is 5.76. The quantitative estimate of drug-likeness (QED) is 0.852. The molecule has 0 bridgehead atoms. The van der Waals surface area contributed by atoms with Crippen molar-refractivity contribution >= 4 is 23.2 Å². The van der Waals surface area contributed by atoms with Crippen LogP contribution in [0.4, 0.5) is 11.4 Å². The molecule has 2 aromatic carbocycles. The highest BCUT2D eigenvalue weighted by molar-refractivity contribution is 5.99. The van der Waals surface area contributed by atoms with Gasteiger partial charge >= 0.3 is 0 Å². The summed E-state index contributed by atoms with van der Waals surface area (Å²) in [5.41, 5.74) is 2.83. The van der Waals surface area contributed by atoms with Crippen molar-refractivity contribution in [1.29, 1.82) is 0 Å². The van der Waals surface area contributed by atoms with Gasteiger partial charge in [0.1, 0.15) is 5.75 Å². The van der Waals surface area contributed by atoms with Crippen LogP contribution in [-0.4, -0.2) is 50.0 Å². The Labute approximate surface area is 159 Å². The molecular weight excluding hydrogens is 342 g/mol. The molecule has 0 unspecified atom stereocenters. The van der Waals surface area contributed by atoms with E-state index in [1.165, 1.54) is 5.56 Å². The van der Waals surface area contributed by atoms with Crippen LogP contribution in [-0.2, 0) is 16.0 Å². The SMILES string of the molecule is COc1cccc(NC(=O)CN(C)[C@H](C)C(=O)N2CCc3ccccc32)c1. The fourth-order valence-corrected chi connectivity index (χ4v) is 3.25. The molecule has 6 nitrogen and oxygen atoms in total. The van der Waals surface area contributed by atoms with E-state index >= 15 is 0 Å². The van der Waals surface area contributed by atoms with Gasteiger partial charge in [-0.1, -0.05) is 24.3 Å². The number of carbonyl (C=O) groups is 2. The molecule has 0 spiro atoms. The minimum atomic E-state index is -0.396. The minimum Gasteiger partial charge on any atom is -0.497 e. The maximum atomic E-state index is 12.9. The molecule has 1 N–H and O–H groups in total. The van der Waals surface area contributed by atoms with Gasteiger partial charge in [0, 0.05) is 24.0 Å². The number of hydrogen-bond donors (Lipinski definition) is 1. The zero-order chi connectivity index (χ0) is 19.4. The van der Waals surface area contributed by atoms with Crippen LogP contribution in [0.5, 0.6) is 5.75 Å². The Morgan fingerprint density at radius 2 is 2.00 bits per heavy atom. The second-order valence-corrected chi connectivity index (χ2v) is 6.74. The Balaban J connectivity index is 1.59. The third-order valence-corrected chi connectivity index (χ3v) is 4.92. The van der Waals surface area contributed by atoms with Crippen molar-refractivity contribution < 1.29 is 14.3 Å². The van der Waals surface area contributed by atoms with Crippen molar-refractivity contribution in [2.45, 2.75) is 19.4 Å². The summed E-state index contributed by atoms with van der Waals surface area (Å²) in [5, 5.41) is 2.84. The van der Waals surface area contributed by atoms with E-state index in [-0.39, 0.29) is 18.4 Å². The summed E-state index contributed by atoms with van der Waals surface area (Å²) >= 11 is 0. The van der Waals surface area contributed by atoms with E-state index in [2.05, 4.69) is 11.4 Å². The molecule has 1 aliphatic rings. The van der Waals surface area contributed by atoms with E-state index in [1.54, 1.807) is 31.2 Å². The predicted molar refractivity (Wildman–Crippen MR) is 106 cm³/mol. The van der Waals surface area contributed by atoms with Crippen LogP contribution >= 0.6 is 0 Å². The molecule has 2 aromatic rings. The smallest absolute Gasteiger partial charge is 0.244 e. The monoisotopic (exact) mass is 367 g/mol. The summed E-state index contributed by atoms with van der Waals surface area (Å²) in [4.78, 5) is 28.8. The zero-order valence-corrected chi connectivity index (χ0v) is 15.9. The van der Waals surface area contributed by atoms with Crippen molar-refractivity contribution in [3.63, 3.8) is 0 Å². The molecule has 1 atom stereocenters. The van der Waals surface area contributed by atoms with E-state index in [4.69, 9.17) is 4.74 Å². The first-order chi connectivity index (χ1) is 13.0. The maximum Gasteiger partial charge on any atom is 0.244 e. The molecule has 1 aliphatic heterocycles. The summed E-state index contributed by atoms with van der Waals surface area (Å²) in [6.07, 6.45) is 0.870. The molecule has 1 heterocycles. The number of ether oxygens (including phenoxy) is 1. The topological polar surface area (TPSA) is 61.9 Å². The van der Waals surface area contributed by atoms with E-state index in [9.17, 15) is 9.59 Å².